The van der Waals surface area contributed by atoms with Gasteiger partial charge in [0.25, 0.3) is 0 Å². The summed E-state index contributed by atoms with van der Waals surface area (Å²) in [5.74, 6) is -3.65. The van der Waals surface area contributed by atoms with Crippen molar-refractivity contribution in [3.63, 3.8) is 0 Å². The van der Waals surface area contributed by atoms with Crippen LogP contribution in [0.4, 0.5) is 0 Å². The molecule has 0 aromatic carbocycles. The maximum Gasteiger partial charge on any atom is 0.414 e. The molecule has 2 N–H and O–H groups in total. The van der Waals surface area contributed by atoms with Gasteiger partial charge in [0.15, 0.2) is 0 Å². The zero-order valence-corrected chi connectivity index (χ0v) is 8.31. The van der Waals surface area contributed by atoms with Gasteiger partial charge >= 0.3 is 11.9 Å². The fraction of sp³-hybridized carbons (Fsp3) is 0.333. The van der Waals surface area contributed by atoms with E-state index in [4.69, 9.17) is 19.8 Å². The fourth-order valence-electron chi connectivity index (χ4n) is 0.743. The number of aryl methyl sites for hydroxylation is 2. The minimum atomic E-state index is -1.82. The van der Waals surface area contributed by atoms with Crippen molar-refractivity contribution in [2.45, 2.75) is 13.8 Å². The molecular weight excluding hydrogens is 186 g/mol. The lowest BCUT2D eigenvalue weighted by Crippen LogP contribution is -2.09. The molecule has 0 bridgehead atoms. The molecule has 0 saturated carbocycles. The van der Waals surface area contributed by atoms with Gasteiger partial charge in [-0.15, -0.1) is 0 Å². The third kappa shape index (κ3) is 3.75. The molecule has 5 nitrogen and oxygen atoms in total. The number of aromatic nitrogens is 1. The van der Waals surface area contributed by atoms with E-state index in [9.17, 15) is 0 Å². The Bertz CT molecular complexity index is 309. The van der Waals surface area contributed by atoms with Crippen LogP contribution in [0.5, 0.6) is 0 Å². The third-order valence-electron chi connectivity index (χ3n) is 1.81. The summed E-state index contributed by atoms with van der Waals surface area (Å²) in [4.78, 5) is 18.2. The summed E-state index contributed by atoms with van der Waals surface area (Å²) in [6.07, 6.45) is 0. The van der Waals surface area contributed by atoms with Crippen molar-refractivity contribution in [3.05, 3.63) is 23.5 Å². The molecule has 0 aliphatic heterocycles. The van der Waals surface area contributed by atoms with Crippen LogP contribution in [0.25, 0.3) is 0 Å². The minimum Gasteiger partial charge on any atom is -0.473 e. The van der Waals surface area contributed by atoms with E-state index in [1.165, 1.54) is 11.4 Å². The zero-order chi connectivity index (χ0) is 11.3. The lowest BCUT2D eigenvalue weighted by molar-refractivity contribution is -0.159. The normalized spacial score (nSPS) is 8.79. The molecule has 0 amide bonds. The Kier molecular flexibility index (Phi) is 4.42. The Labute approximate surface area is 81.6 Å². The van der Waals surface area contributed by atoms with E-state index in [0.29, 0.717) is 0 Å². The first-order valence-corrected chi connectivity index (χ1v) is 3.91. The molecule has 0 atom stereocenters. The second-order valence-corrected chi connectivity index (χ2v) is 2.79. The van der Waals surface area contributed by atoms with Gasteiger partial charge in [-0.25, -0.2) is 9.59 Å². The van der Waals surface area contributed by atoms with Crippen LogP contribution in [0.3, 0.4) is 0 Å². The van der Waals surface area contributed by atoms with Gasteiger partial charge in [0, 0.05) is 18.4 Å². The summed E-state index contributed by atoms with van der Waals surface area (Å²) < 4.78 is 2.17. The van der Waals surface area contributed by atoms with E-state index < -0.39 is 11.9 Å². The van der Waals surface area contributed by atoms with Crippen LogP contribution in [0.1, 0.15) is 11.4 Å². The summed E-state index contributed by atoms with van der Waals surface area (Å²) >= 11 is 0. The van der Waals surface area contributed by atoms with Crippen molar-refractivity contribution in [1.29, 1.82) is 0 Å². The highest BCUT2D eigenvalue weighted by molar-refractivity contribution is 6.27. The van der Waals surface area contributed by atoms with Gasteiger partial charge in [-0.05, 0) is 26.0 Å². The summed E-state index contributed by atoms with van der Waals surface area (Å²) in [5.41, 5.74) is 2.64. The highest BCUT2D eigenvalue weighted by atomic mass is 16.4. The maximum atomic E-state index is 9.10. The van der Waals surface area contributed by atoms with Crippen molar-refractivity contribution in [3.8, 4) is 0 Å². The average molecular weight is 199 g/mol. The van der Waals surface area contributed by atoms with E-state index >= 15 is 0 Å². The quantitative estimate of drug-likeness (QED) is 0.605. The predicted molar refractivity (Wildman–Crippen MR) is 50.2 cm³/mol. The molecule has 0 fully saturated rings. The molecule has 0 radical (unpaired) electrons. The van der Waals surface area contributed by atoms with Crippen molar-refractivity contribution >= 4 is 11.9 Å². The number of carboxylic acids is 2. The van der Waals surface area contributed by atoms with Crippen molar-refractivity contribution < 1.29 is 19.8 Å². The molecule has 0 spiro atoms. The summed E-state index contributed by atoms with van der Waals surface area (Å²) in [7, 11) is 2.07. The highest BCUT2D eigenvalue weighted by Gasteiger charge is 2.04. The Hall–Kier alpha value is -1.78. The first-order valence-electron chi connectivity index (χ1n) is 3.91. The zero-order valence-electron chi connectivity index (χ0n) is 8.31. The molecular formula is C9H13NO4. The predicted octanol–water partition coefficient (Wildman–Crippen LogP) is 0.798. The molecule has 1 aromatic heterocycles. The molecule has 1 heterocycles. The summed E-state index contributed by atoms with van der Waals surface area (Å²) in [6.45, 7) is 4.21. The Morgan fingerprint density at radius 1 is 1.07 bits per heavy atom. The molecule has 14 heavy (non-hydrogen) atoms. The second-order valence-electron chi connectivity index (χ2n) is 2.79. The minimum absolute atomic E-state index is 1.32. The van der Waals surface area contributed by atoms with E-state index in [0.717, 1.165) is 0 Å². The van der Waals surface area contributed by atoms with Crippen molar-refractivity contribution in [1.82, 2.24) is 4.57 Å². The molecule has 1 aromatic rings. The van der Waals surface area contributed by atoms with Gasteiger partial charge in [0.1, 0.15) is 0 Å². The second kappa shape index (κ2) is 5.06. The molecule has 0 aliphatic carbocycles. The van der Waals surface area contributed by atoms with E-state index in [-0.39, 0.29) is 0 Å². The molecule has 5 heteroatoms. The Morgan fingerprint density at radius 2 is 1.36 bits per heavy atom. The first-order chi connectivity index (χ1) is 6.36. The van der Waals surface area contributed by atoms with Crippen molar-refractivity contribution in [2.75, 3.05) is 0 Å². The molecule has 0 saturated heterocycles. The van der Waals surface area contributed by atoms with Crippen LogP contribution in [-0.2, 0) is 16.6 Å². The SMILES string of the molecule is Cc1ccc(C)n1C.O=C(O)C(=O)O. The van der Waals surface area contributed by atoms with Gasteiger partial charge in [0.2, 0.25) is 0 Å². The van der Waals surface area contributed by atoms with Crippen LogP contribution < -0.4 is 0 Å². The van der Waals surface area contributed by atoms with Gasteiger partial charge in [0.05, 0.1) is 0 Å². The van der Waals surface area contributed by atoms with Crippen LogP contribution in [0, 0.1) is 13.8 Å². The monoisotopic (exact) mass is 199 g/mol. The fourth-order valence-corrected chi connectivity index (χ4v) is 0.743. The van der Waals surface area contributed by atoms with Gasteiger partial charge in [-0.3, -0.25) is 0 Å². The van der Waals surface area contributed by atoms with Crippen molar-refractivity contribution in [2.24, 2.45) is 7.05 Å². The van der Waals surface area contributed by atoms with Crippen LogP contribution >= 0.6 is 0 Å². The summed E-state index contributed by atoms with van der Waals surface area (Å²) in [5, 5.41) is 14.8. The Morgan fingerprint density at radius 3 is 1.43 bits per heavy atom. The highest BCUT2D eigenvalue weighted by Crippen LogP contribution is 2.02. The standard InChI is InChI=1S/C7H11N.C2H2O4/c1-6-4-5-7(2)8(6)3;3-1(4)2(5)6/h4-5H,1-3H3;(H,3,4)(H,5,6). The number of nitrogens with zero attached hydrogens (tertiary/aromatic N) is 1. The van der Waals surface area contributed by atoms with E-state index in [2.05, 4.69) is 37.6 Å². The number of hydrogen-bond acceptors (Lipinski definition) is 2. The Balaban J connectivity index is 0.000000255. The molecule has 0 aliphatic rings. The van der Waals surface area contributed by atoms with Crippen LogP contribution in [0.15, 0.2) is 12.1 Å². The van der Waals surface area contributed by atoms with Gasteiger partial charge < -0.3 is 14.8 Å². The van der Waals surface area contributed by atoms with Crippen LogP contribution in [-0.4, -0.2) is 26.7 Å². The molecule has 78 valence electrons. The van der Waals surface area contributed by atoms with Crippen LogP contribution in [0.2, 0.25) is 0 Å². The molecule has 0 unspecified atom stereocenters. The van der Waals surface area contributed by atoms with Gasteiger partial charge in [-0.2, -0.15) is 0 Å². The topological polar surface area (TPSA) is 79.5 Å². The van der Waals surface area contributed by atoms with Gasteiger partial charge in [-0.1, -0.05) is 0 Å². The third-order valence-corrected chi connectivity index (χ3v) is 1.81. The number of carboxylic acid groups (broad SMARTS) is 2. The number of carbonyl (C=O) groups is 2. The molecule has 1 rings (SSSR count). The van der Waals surface area contributed by atoms with E-state index in [1.807, 2.05) is 0 Å². The number of rotatable bonds is 0. The lowest BCUT2D eigenvalue weighted by atomic mass is 10.5. The smallest absolute Gasteiger partial charge is 0.414 e. The average Bonchev–Trinajstić information content (AvgIpc) is 2.37. The maximum absolute atomic E-state index is 9.10. The lowest BCUT2D eigenvalue weighted by Gasteiger charge is -1.96. The van der Waals surface area contributed by atoms with E-state index in [1.54, 1.807) is 0 Å². The first kappa shape index (κ1) is 12.2. The number of aliphatic carboxylic acids is 2. The number of hydrogen-bond donors (Lipinski definition) is 2. The summed E-state index contributed by atoms with van der Waals surface area (Å²) in [6, 6.07) is 4.24. The largest absolute Gasteiger partial charge is 0.473 e.